The summed E-state index contributed by atoms with van der Waals surface area (Å²) in [6, 6.07) is 0. The molecule has 0 aliphatic rings. The number of carbonyl (C=O) groups is 6. The maximum atomic E-state index is 11.5. The zero-order chi connectivity index (χ0) is 21.5. The molecule has 0 rings (SSSR count). The summed E-state index contributed by atoms with van der Waals surface area (Å²) in [5.41, 5.74) is -0.177. The minimum Gasteiger partial charge on any atom is -0.478 e. The van der Waals surface area contributed by atoms with Gasteiger partial charge in [-0.05, 0) is 6.92 Å². The lowest BCUT2D eigenvalue weighted by Crippen LogP contribution is -2.38. The third-order valence-corrected chi connectivity index (χ3v) is 2.67. The first kappa shape index (κ1) is 24.3. The summed E-state index contributed by atoms with van der Waals surface area (Å²) in [6.07, 6.45) is 2.28. The predicted molar refractivity (Wildman–Crippen MR) is 90.5 cm³/mol. The number of hydrogen-bond donors (Lipinski definition) is 3. The highest BCUT2D eigenvalue weighted by atomic mass is 16.5. The Morgan fingerprint density at radius 1 is 0.857 bits per heavy atom. The van der Waals surface area contributed by atoms with Gasteiger partial charge in [-0.2, -0.15) is 0 Å². The number of carbonyl (C=O) groups excluding carboxylic acids is 5. The molecule has 0 heterocycles. The van der Waals surface area contributed by atoms with Crippen molar-refractivity contribution in [1.29, 1.82) is 0 Å². The third-order valence-electron chi connectivity index (χ3n) is 2.67. The number of methoxy groups -OCH3 is 1. The molecular weight excluding hydrogens is 380 g/mol. The van der Waals surface area contributed by atoms with E-state index in [0.717, 1.165) is 19.3 Å². The van der Waals surface area contributed by atoms with Gasteiger partial charge in [-0.25, -0.2) is 19.2 Å². The second kappa shape index (κ2) is 13.5. The molecule has 0 aromatic rings. The van der Waals surface area contributed by atoms with Crippen LogP contribution in [0.2, 0.25) is 0 Å². The number of carboxylic acids is 1. The highest BCUT2D eigenvalue weighted by Gasteiger charge is 2.11. The van der Waals surface area contributed by atoms with Gasteiger partial charge < -0.3 is 30.0 Å². The number of esters is 3. The average molecular weight is 400 g/mol. The Kier molecular flexibility index (Phi) is 11.7. The van der Waals surface area contributed by atoms with Crippen molar-refractivity contribution in [3.63, 3.8) is 0 Å². The molecule has 0 fully saturated rings. The molecule has 2 amide bonds. The van der Waals surface area contributed by atoms with E-state index >= 15 is 0 Å². The van der Waals surface area contributed by atoms with Gasteiger partial charge in [-0.3, -0.25) is 9.59 Å². The first-order chi connectivity index (χ1) is 13.1. The summed E-state index contributed by atoms with van der Waals surface area (Å²) < 4.78 is 13.4. The van der Waals surface area contributed by atoms with Crippen LogP contribution in [0.5, 0.6) is 0 Å². The Morgan fingerprint density at radius 3 is 1.86 bits per heavy atom. The predicted octanol–water partition coefficient (Wildman–Crippen LogP) is -1.93. The molecule has 0 aliphatic heterocycles. The fourth-order valence-corrected chi connectivity index (χ4v) is 1.38. The molecule has 0 bridgehead atoms. The van der Waals surface area contributed by atoms with Crippen LogP contribution in [0.3, 0.4) is 0 Å². The summed E-state index contributed by atoms with van der Waals surface area (Å²) in [4.78, 5) is 66.6. The van der Waals surface area contributed by atoms with Gasteiger partial charge in [0.2, 0.25) is 0 Å². The fraction of sp³-hybridized carbons (Fsp3) is 0.375. The molecule has 28 heavy (non-hydrogen) atoms. The molecular formula is C16H20N2O10. The fourth-order valence-electron chi connectivity index (χ4n) is 1.38. The number of nitrogens with one attached hydrogen (secondary N) is 2. The molecule has 0 spiro atoms. The van der Waals surface area contributed by atoms with Crippen molar-refractivity contribution in [3.8, 4) is 0 Å². The quantitative estimate of drug-likeness (QED) is 0.153. The zero-order valence-corrected chi connectivity index (χ0v) is 15.2. The van der Waals surface area contributed by atoms with Crippen LogP contribution >= 0.6 is 0 Å². The molecule has 0 aromatic heterocycles. The van der Waals surface area contributed by atoms with Crippen LogP contribution < -0.4 is 10.6 Å². The van der Waals surface area contributed by atoms with Crippen LogP contribution in [-0.2, 0) is 43.0 Å². The van der Waals surface area contributed by atoms with Crippen molar-refractivity contribution >= 4 is 35.7 Å². The first-order valence-corrected chi connectivity index (χ1v) is 7.70. The van der Waals surface area contributed by atoms with E-state index < -0.39 is 48.9 Å². The van der Waals surface area contributed by atoms with E-state index in [-0.39, 0.29) is 18.7 Å². The molecule has 3 N–H and O–H groups in total. The second-order valence-electron chi connectivity index (χ2n) is 4.91. The maximum Gasteiger partial charge on any atom is 0.334 e. The third kappa shape index (κ3) is 12.6. The van der Waals surface area contributed by atoms with Crippen LogP contribution in [-0.4, -0.2) is 74.2 Å². The molecule has 154 valence electrons. The van der Waals surface area contributed by atoms with Gasteiger partial charge in [0.25, 0.3) is 11.8 Å². The highest BCUT2D eigenvalue weighted by Crippen LogP contribution is 1.96. The van der Waals surface area contributed by atoms with E-state index in [1.54, 1.807) is 0 Å². The van der Waals surface area contributed by atoms with E-state index in [1.165, 1.54) is 6.92 Å². The number of ether oxygens (including phenoxy) is 3. The summed E-state index contributed by atoms with van der Waals surface area (Å²) in [5, 5.41) is 13.2. The topological polar surface area (TPSA) is 174 Å². The van der Waals surface area contributed by atoms with Crippen LogP contribution in [0.25, 0.3) is 0 Å². The number of aliphatic carboxylic acids is 1. The van der Waals surface area contributed by atoms with Crippen LogP contribution in [0.15, 0.2) is 23.8 Å². The summed E-state index contributed by atoms with van der Waals surface area (Å²) in [5.74, 6) is -5.24. The molecule has 0 aromatic carbocycles. The van der Waals surface area contributed by atoms with Crippen molar-refractivity contribution in [2.45, 2.75) is 6.92 Å². The van der Waals surface area contributed by atoms with E-state index in [4.69, 9.17) is 5.11 Å². The SMILES string of the molecule is COC(=O)C=CC(=O)OCC(=O)NCCNC(=O)COC(=O)C(C)=CC(=O)O. The second-order valence-corrected chi connectivity index (χ2v) is 4.91. The number of amides is 2. The molecule has 0 radical (unpaired) electrons. The molecule has 12 heteroatoms. The lowest BCUT2D eigenvalue weighted by atomic mass is 10.3. The van der Waals surface area contributed by atoms with Crippen LogP contribution in [0, 0.1) is 0 Å². The lowest BCUT2D eigenvalue weighted by Gasteiger charge is -2.08. The van der Waals surface area contributed by atoms with Gasteiger partial charge in [0.1, 0.15) is 0 Å². The van der Waals surface area contributed by atoms with E-state index in [1.807, 2.05) is 0 Å². The smallest absolute Gasteiger partial charge is 0.334 e. The molecule has 0 atom stereocenters. The van der Waals surface area contributed by atoms with E-state index in [9.17, 15) is 28.8 Å². The van der Waals surface area contributed by atoms with Crippen LogP contribution in [0.1, 0.15) is 6.92 Å². The normalized spacial score (nSPS) is 10.7. The van der Waals surface area contributed by atoms with Gasteiger partial charge in [0.05, 0.1) is 7.11 Å². The lowest BCUT2D eigenvalue weighted by molar-refractivity contribution is -0.145. The Labute approximate surface area is 159 Å². The minimum absolute atomic E-state index is 0.00224. The van der Waals surface area contributed by atoms with Crippen LogP contribution in [0.4, 0.5) is 0 Å². The number of carboxylic acid groups (broad SMARTS) is 1. The largest absolute Gasteiger partial charge is 0.478 e. The van der Waals surface area contributed by atoms with Crippen molar-refractivity contribution in [2.75, 3.05) is 33.4 Å². The Hall–Kier alpha value is -3.70. The molecule has 0 aliphatic carbocycles. The molecule has 0 unspecified atom stereocenters. The van der Waals surface area contributed by atoms with Crippen molar-refractivity contribution in [3.05, 3.63) is 23.8 Å². The molecule has 12 nitrogen and oxygen atoms in total. The maximum absolute atomic E-state index is 11.5. The van der Waals surface area contributed by atoms with Gasteiger partial charge in [-0.15, -0.1) is 0 Å². The van der Waals surface area contributed by atoms with E-state index in [2.05, 4.69) is 24.8 Å². The summed E-state index contributed by atoms with van der Waals surface area (Å²) in [7, 11) is 1.13. The van der Waals surface area contributed by atoms with Gasteiger partial charge in [-0.1, -0.05) is 0 Å². The highest BCUT2D eigenvalue weighted by molar-refractivity contribution is 5.96. The van der Waals surface area contributed by atoms with E-state index in [0.29, 0.717) is 6.08 Å². The zero-order valence-electron chi connectivity index (χ0n) is 15.2. The Balaban J connectivity index is 3.93. The van der Waals surface area contributed by atoms with Gasteiger partial charge in [0.15, 0.2) is 13.2 Å². The minimum atomic E-state index is -1.32. The van der Waals surface area contributed by atoms with Crippen molar-refractivity contribution in [1.82, 2.24) is 10.6 Å². The molecule has 0 saturated carbocycles. The Bertz CT molecular complexity index is 681. The number of hydrogen-bond acceptors (Lipinski definition) is 9. The average Bonchev–Trinajstić information content (AvgIpc) is 2.65. The van der Waals surface area contributed by atoms with Crippen molar-refractivity contribution < 1.29 is 48.1 Å². The van der Waals surface area contributed by atoms with Crippen molar-refractivity contribution in [2.24, 2.45) is 0 Å². The monoisotopic (exact) mass is 400 g/mol. The first-order valence-electron chi connectivity index (χ1n) is 7.70. The summed E-state index contributed by atoms with van der Waals surface area (Å²) >= 11 is 0. The number of rotatable bonds is 11. The van der Waals surface area contributed by atoms with Gasteiger partial charge in [0, 0.05) is 36.9 Å². The molecule has 0 saturated heterocycles. The standard InChI is InChI=1S/C16H20N2O10/c1-10(7-13(21)22)16(25)28-9-12(20)18-6-5-17-11(19)8-27-15(24)4-3-14(23)26-2/h3-4,7H,5-6,8-9H2,1-2H3,(H,17,19)(H,18,20)(H,21,22). The Morgan fingerprint density at radius 2 is 1.36 bits per heavy atom. The summed E-state index contributed by atoms with van der Waals surface area (Å²) in [6.45, 7) is 0.0169. The van der Waals surface area contributed by atoms with Gasteiger partial charge >= 0.3 is 23.9 Å².